The number of hydrogen-bond acceptors (Lipinski definition) is 2. The predicted octanol–water partition coefficient (Wildman–Crippen LogP) is 1.72. The van der Waals surface area contributed by atoms with Crippen LogP contribution in [0.4, 0.5) is 3.89 Å². The maximum atomic E-state index is 12.1. The van der Waals surface area contributed by atoms with Crippen molar-refractivity contribution in [2.75, 3.05) is 0 Å². The molecule has 0 saturated heterocycles. The SMILES string of the molecule is CC(C)C[C@@H](C)S(=O)(=O)F. The summed E-state index contributed by atoms with van der Waals surface area (Å²) in [6, 6.07) is 0. The van der Waals surface area contributed by atoms with E-state index in [4.69, 9.17) is 0 Å². The van der Waals surface area contributed by atoms with Crippen LogP contribution < -0.4 is 0 Å². The van der Waals surface area contributed by atoms with Gasteiger partial charge in [-0.25, -0.2) is 0 Å². The van der Waals surface area contributed by atoms with Crippen LogP contribution in [0.3, 0.4) is 0 Å². The first-order valence-electron chi connectivity index (χ1n) is 3.27. The molecule has 62 valence electrons. The first-order valence-corrected chi connectivity index (χ1v) is 4.72. The van der Waals surface area contributed by atoms with E-state index in [1.165, 1.54) is 6.92 Å². The maximum absolute atomic E-state index is 12.1. The van der Waals surface area contributed by atoms with E-state index in [2.05, 4.69) is 0 Å². The molecule has 0 unspecified atom stereocenters. The molecule has 2 nitrogen and oxygen atoms in total. The summed E-state index contributed by atoms with van der Waals surface area (Å²) < 4.78 is 32.5. The Morgan fingerprint density at radius 3 is 1.80 bits per heavy atom. The summed E-state index contributed by atoms with van der Waals surface area (Å²) >= 11 is 0. The van der Waals surface area contributed by atoms with Crippen molar-refractivity contribution in [2.45, 2.75) is 32.4 Å². The molecular formula is C6H13FO2S. The third-order valence-corrected chi connectivity index (χ3v) is 2.44. The van der Waals surface area contributed by atoms with Crippen LogP contribution in [0.25, 0.3) is 0 Å². The van der Waals surface area contributed by atoms with Gasteiger partial charge in [0.2, 0.25) is 0 Å². The van der Waals surface area contributed by atoms with Crippen molar-refractivity contribution in [1.82, 2.24) is 0 Å². The molecule has 0 aliphatic heterocycles. The molecule has 0 aromatic carbocycles. The normalized spacial score (nSPS) is 15.7. The van der Waals surface area contributed by atoms with Crippen LogP contribution >= 0.6 is 0 Å². The van der Waals surface area contributed by atoms with Gasteiger partial charge in [0.1, 0.15) is 0 Å². The van der Waals surface area contributed by atoms with Crippen molar-refractivity contribution in [1.29, 1.82) is 0 Å². The Morgan fingerprint density at radius 1 is 1.30 bits per heavy atom. The van der Waals surface area contributed by atoms with Gasteiger partial charge in [0.15, 0.2) is 0 Å². The van der Waals surface area contributed by atoms with Crippen LogP contribution in [0.5, 0.6) is 0 Å². The van der Waals surface area contributed by atoms with E-state index >= 15 is 0 Å². The predicted molar refractivity (Wildman–Crippen MR) is 38.9 cm³/mol. The fraction of sp³-hybridized carbons (Fsp3) is 1.00. The summed E-state index contributed by atoms with van der Waals surface area (Å²) in [5.41, 5.74) is 0. The second-order valence-electron chi connectivity index (χ2n) is 2.92. The average Bonchev–Trinajstić information content (AvgIpc) is 1.60. The Morgan fingerprint density at radius 2 is 1.70 bits per heavy atom. The lowest BCUT2D eigenvalue weighted by molar-refractivity contribution is 0.505. The van der Waals surface area contributed by atoms with Crippen molar-refractivity contribution < 1.29 is 12.3 Å². The Kier molecular flexibility index (Phi) is 3.28. The van der Waals surface area contributed by atoms with Gasteiger partial charge in [0.25, 0.3) is 0 Å². The molecule has 0 radical (unpaired) electrons. The molecule has 4 heteroatoms. The second kappa shape index (κ2) is 3.32. The highest BCUT2D eigenvalue weighted by atomic mass is 32.3. The molecule has 0 spiro atoms. The van der Waals surface area contributed by atoms with Crippen LogP contribution in [0.2, 0.25) is 0 Å². The van der Waals surface area contributed by atoms with Crippen molar-refractivity contribution in [3.63, 3.8) is 0 Å². The van der Waals surface area contributed by atoms with E-state index in [0.717, 1.165) is 0 Å². The van der Waals surface area contributed by atoms with Gasteiger partial charge in [-0.05, 0) is 19.3 Å². The van der Waals surface area contributed by atoms with Crippen molar-refractivity contribution in [2.24, 2.45) is 5.92 Å². The average molecular weight is 168 g/mol. The molecule has 10 heavy (non-hydrogen) atoms. The third-order valence-electron chi connectivity index (χ3n) is 1.28. The van der Waals surface area contributed by atoms with E-state index in [1.54, 1.807) is 0 Å². The van der Waals surface area contributed by atoms with Gasteiger partial charge in [-0.2, -0.15) is 8.42 Å². The molecule has 0 rings (SSSR count). The zero-order valence-corrected chi connectivity index (χ0v) is 7.28. The first kappa shape index (κ1) is 9.88. The fourth-order valence-electron chi connectivity index (χ4n) is 0.779. The third kappa shape index (κ3) is 3.82. The standard InChI is InChI=1S/C6H13FO2S/c1-5(2)4-6(3)10(7,8)9/h5-6H,4H2,1-3H3/t6-/m1/s1. The molecule has 0 aromatic heterocycles. The minimum atomic E-state index is -4.30. The van der Waals surface area contributed by atoms with Gasteiger partial charge in [-0.15, -0.1) is 3.89 Å². The highest BCUT2D eigenvalue weighted by Gasteiger charge is 2.19. The molecule has 0 saturated carbocycles. The van der Waals surface area contributed by atoms with Crippen molar-refractivity contribution >= 4 is 10.2 Å². The molecule has 0 fully saturated rings. The Balaban J connectivity index is 3.99. The smallest absolute Gasteiger partial charge is 0.195 e. The van der Waals surface area contributed by atoms with Crippen LogP contribution in [-0.4, -0.2) is 13.7 Å². The quantitative estimate of drug-likeness (QED) is 0.601. The second-order valence-corrected chi connectivity index (χ2v) is 4.67. The van der Waals surface area contributed by atoms with Gasteiger partial charge in [-0.1, -0.05) is 13.8 Å². The van der Waals surface area contributed by atoms with Gasteiger partial charge in [0.05, 0.1) is 5.25 Å². The zero-order chi connectivity index (χ0) is 8.36. The van der Waals surface area contributed by atoms with Gasteiger partial charge >= 0.3 is 10.2 Å². The summed E-state index contributed by atoms with van der Waals surface area (Å²) in [5.74, 6) is 0.223. The van der Waals surface area contributed by atoms with E-state index in [1.807, 2.05) is 13.8 Å². The topological polar surface area (TPSA) is 34.1 Å². The molecule has 0 aromatic rings. The molecule has 0 N–H and O–H groups in total. The first-order chi connectivity index (χ1) is 4.34. The summed E-state index contributed by atoms with van der Waals surface area (Å²) in [4.78, 5) is 0. The lowest BCUT2D eigenvalue weighted by atomic mass is 10.1. The van der Waals surface area contributed by atoms with Crippen molar-refractivity contribution in [3.8, 4) is 0 Å². The minimum Gasteiger partial charge on any atom is -0.195 e. The largest absolute Gasteiger partial charge is 0.305 e. The zero-order valence-electron chi connectivity index (χ0n) is 6.46. The molecular weight excluding hydrogens is 155 g/mol. The molecule has 1 atom stereocenters. The number of halogens is 1. The van der Waals surface area contributed by atoms with Crippen molar-refractivity contribution in [3.05, 3.63) is 0 Å². The molecule has 0 bridgehead atoms. The Bertz CT molecular complexity index is 184. The molecule has 0 amide bonds. The summed E-state index contributed by atoms with van der Waals surface area (Å²) in [7, 11) is -4.30. The monoisotopic (exact) mass is 168 g/mol. The summed E-state index contributed by atoms with van der Waals surface area (Å²) in [6.07, 6.45) is 0.388. The lowest BCUT2D eigenvalue weighted by Gasteiger charge is -2.07. The number of rotatable bonds is 3. The van der Waals surface area contributed by atoms with Crippen LogP contribution in [0.1, 0.15) is 27.2 Å². The molecule has 0 aliphatic carbocycles. The van der Waals surface area contributed by atoms with Gasteiger partial charge < -0.3 is 0 Å². The molecule has 0 heterocycles. The summed E-state index contributed by atoms with van der Waals surface area (Å²) in [5, 5.41) is -0.854. The number of hydrogen-bond donors (Lipinski definition) is 0. The van der Waals surface area contributed by atoms with Gasteiger partial charge in [-0.3, -0.25) is 0 Å². The van der Waals surface area contributed by atoms with E-state index < -0.39 is 15.5 Å². The van der Waals surface area contributed by atoms with Crippen LogP contribution in [0.15, 0.2) is 0 Å². The van der Waals surface area contributed by atoms with E-state index in [0.29, 0.717) is 6.42 Å². The maximum Gasteiger partial charge on any atom is 0.305 e. The van der Waals surface area contributed by atoms with Gasteiger partial charge in [0, 0.05) is 0 Å². The van der Waals surface area contributed by atoms with Crippen LogP contribution in [0, 0.1) is 5.92 Å². The van der Waals surface area contributed by atoms with E-state index in [-0.39, 0.29) is 5.92 Å². The fourth-order valence-corrected chi connectivity index (χ4v) is 1.39. The highest BCUT2D eigenvalue weighted by Crippen LogP contribution is 2.13. The highest BCUT2D eigenvalue weighted by molar-refractivity contribution is 7.86. The van der Waals surface area contributed by atoms with Crippen LogP contribution in [-0.2, 0) is 10.2 Å². The van der Waals surface area contributed by atoms with E-state index in [9.17, 15) is 12.3 Å². The summed E-state index contributed by atoms with van der Waals surface area (Å²) in [6.45, 7) is 5.11. The Labute approximate surface area is 61.7 Å². The Hall–Kier alpha value is -0.120. The lowest BCUT2D eigenvalue weighted by Crippen LogP contribution is -2.14. The molecule has 0 aliphatic rings. The minimum absolute atomic E-state index is 0.223.